The third-order valence-electron chi connectivity index (χ3n) is 5.61. The molecule has 0 saturated carbocycles. The molecule has 0 radical (unpaired) electrons. The van der Waals surface area contributed by atoms with E-state index < -0.39 is 6.17 Å². The summed E-state index contributed by atoms with van der Waals surface area (Å²) in [6.07, 6.45) is -0.430. The Kier molecular flexibility index (Phi) is 4.12. The van der Waals surface area contributed by atoms with Crippen LogP contribution in [-0.2, 0) is 0 Å². The molecule has 0 saturated heterocycles. The summed E-state index contributed by atoms with van der Waals surface area (Å²) >= 11 is 0. The minimum atomic E-state index is -0.430. The molecule has 7 nitrogen and oxygen atoms in total. The van der Waals surface area contributed by atoms with Crippen LogP contribution >= 0.6 is 0 Å². The van der Waals surface area contributed by atoms with Crippen LogP contribution in [0, 0.1) is 0 Å². The van der Waals surface area contributed by atoms with Gasteiger partial charge >= 0.3 is 0 Å². The lowest BCUT2D eigenvalue weighted by Gasteiger charge is -2.38. The Hall–Kier alpha value is -3.87. The maximum absolute atomic E-state index is 13.6. The number of rotatable bonds is 2. The normalized spacial score (nSPS) is 18.8. The van der Waals surface area contributed by atoms with Gasteiger partial charge in [0.1, 0.15) is 32.6 Å². The quantitative estimate of drug-likeness (QED) is 0.681. The summed E-state index contributed by atoms with van der Waals surface area (Å²) in [4.78, 5) is 15.4. The summed E-state index contributed by atoms with van der Waals surface area (Å²) in [6, 6.07) is 18.9. The predicted octanol–water partition coefficient (Wildman–Crippen LogP) is 4.00. The molecule has 0 aromatic heterocycles. The summed E-state index contributed by atoms with van der Waals surface area (Å²) in [5.41, 5.74) is 3.02. The van der Waals surface area contributed by atoms with Crippen molar-refractivity contribution in [2.45, 2.75) is 6.17 Å². The Morgan fingerprint density at radius 3 is 2.16 bits per heavy atom. The van der Waals surface area contributed by atoms with E-state index in [1.165, 1.54) is 0 Å². The average Bonchev–Trinajstić information content (AvgIpc) is 2.83. The Morgan fingerprint density at radius 2 is 1.39 bits per heavy atom. The van der Waals surface area contributed by atoms with Gasteiger partial charge in [0.25, 0.3) is 5.91 Å². The topological polar surface area (TPSA) is 69.3 Å². The zero-order chi connectivity index (χ0) is 20.8. The lowest BCUT2D eigenvalue weighted by molar-refractivity contribution is 0.0974. The lowest BCUT2D eigenvalue weighted by atomic mass is 10.0. The monoisotopic (exact) mass is 416 g/mol. The fraction of sp³-hybridized carbons (Fsp3) is 0.208. The number of benzene rings is 3. The highest BCUT2D eigenvalue weighted by molar-refractivity contribution is 6.12. The van der Waals surface area contributed by atoms with Crippen molar-refractivity contribution in [1.82, 2.24) is 0 Å². The Labute approximate surface area is 179 Å². The van der Waals surface area contributed by atoms with Crippen LogP contribution in [0.25, 0.3) is 0 Å². The van der Waals surface area contributed by atoms with Crippen molar-refractivity contribution < 1.29 is 23.7 Å². The standard InChI is InChI=1S/C24H20N2O5/c27-24-17-3-1-2-4-18(17)25-23(15-5-7-19-21(13-15)30-11-9-28-19)26(24)16-6-8-20-22(14-16)31-12-10-29-20/h1-8,13-14,23,25H,9-12H2/t23-/m0/s1. The third kappa shape index (κ3) is 3.01. The molecule has 0 aliphatic carbocycles. The first-order valence-corrected chi connectivity index (χ1v) is 10.3. The minimum Gasteiger partial charge on any atom is -0.486 e. The van der Waals surface area contributed by atoms with Gasteiger partial charge in [-0.1, -0.05) is 18.2 Å². The van der Waals surface area contributed by atoms with Gasteiger partial charge in [0, 0.05) is 11.8 Å². The number of carbonyl (C=O) groups is 1. The number of carbonyl (C=O) groups excluding carboxylic acids is 1. The molecule has 0 fully saturated rings. The van der Waals surface area contributed by atoms with E-state index in [1.54, 1.807) is 4.90 Å². The first-order valence-electron chi connectivity index (χ1n) is 10.3. The molecule has 0 bridgehead atoms. The van der Waals surface area contributed by atoms with Crippen LogP contribution < -0.4 is 29.2 Å². The summed E-state index contributed by atoms with van der Waals surface area (Å²) in [7, 11) is 0. The van der Waals surface area contributed by atoms with Crippen molar-refractivity contribution in [1.29, 1.82) is 0 Å². The maximum Gasteiger partial charge on any atom is 0.262 e. The van der Waals surface area contributed by atoms with E-state index in [0.29, 0.717) is 55.0 Å². The SMILES string of the molecule is O=C1c2ccccc2N[C@H](c2ccc3c(c2)OCCO3)N1c1ccc2c(c1)OCCO2. The zero-order valence-electron chi connectivity index (χ0n) is 16.7. The van der Waals surface area contributed by atoms with Crippen LogP contribution in [0.3, 0.4) is 0 Å². The molecule has 1 amide bonds. The molecular formula is C24H20N2O5. The largest absolute Gasteiger partial charge is 0.486 e. The fourth-order valence-electron chi connectivity index (χ4n) is 4.16. The number of nitrogens with one attached hydrogen (secondary N) is 1. The van der Waals surface area contributed by atoms with Crippen molar-refractivity contribution in [3.8, 4) is 23.0 Å². The first-order chi connectivity index (χ1) is 15.3. The number of para-hydroxylation sites is 1. The van der Waals surface area contributed by atoms with Crippen LogP contribution in [0.15, 0.2) is 60.7 Å². The van der Waals surface area contributed by atoms with E-state index in [4.69, 9.17) is 18.9 Å². The number of hydrogen-bond donors (Lipinski definition) is 1. The van der Waals surface area contributed by atoms with Gasteiger partial charge in [0.2, 0.25) is 0 Å². The van der Waals surface area contributed by atoms with E-state index in [2.05, 4.69) is 5.32 Å². The number of ether oxygens (including phenoxy) is 4. The molecule has 3 aromatic carbocycles. The molecule has 3 aromatic rings. The van der Waals surface area contributed by atoms with Crippen LogP contribution in [0.5, 0.6) is 23.0 Å². The molecule has 0 spiro atoms. The van der Waals surface area contributed by atoms with E-state index >= 15 is 0 Å². The minimum absolute atomic E-state index is 0.0917. The predicted molar refractivity (Wildman–Crippen MR) is 114 cm³/mol. The number of nitrogens with zero attached hydrogens (tertiary/aromatic N) is 1. The van der Waals surface area contributed by atoms with E-state index in [-0.39, 0.29) is 5.91 Å². The van der Waals surface area contributed by atoms with Gasteiger partial charge in [0.15, 0.2) is 23.0 Å². The van der Waals surface area contributed by atoms with Gasteiger partial charge in [0.05, 0.1) is 11.3 Å². The van der Waals surface area contributed by atoms with Gasteiger partial charge in [-0.3, -0.25) is 9.69 Å². The number of anilines is 2. The summed E-state index contributed by atoms with van der Waals surface area (Å²) < 4.78 is 22.8. The van der Waals surface area contributed by atoms with Crippen LogP contribution in [0.4, 0.5) is 11.4 Å². The zero-order valence-corrected chi connectivity index (χ0v) is 16.7. The van der Waals surface area contributed by atoms with Gasteiger partial charge < -0.3 is 24.3 Å². The second kappa shape index (κ2) is 7.12. The van der Waals surface area contributed by atoms with Gasteiger partial charge in [-0.2, -0.15) is 0 Å². The molecule has 0 unspecified atom stereocenters. The number of fused-ring (bicyclic) bond motifs is 3. The van der Waals surface area contributed by atoms with E-state index in [1.807, 2.05) is 60.7 Å². The average molecular weight is 416 g/mol. The molecule has 6 rings (SSSR count). The summed E-state index contributed by atoms with van der Waals surface area (Å²) in [5, 5.41) is 3.52. The molecule has 156 valence electrons. The summed E-state index contributed by atoms with van der Waals surface area (Å²) in [6.45, 7) is 2.03. The molecule has 1 N–H and O–H groups in total. The second-order valence-corrected chi connectivity index (χ2v) is 7.50. The molecule has 3 heterocycles. The van der Waals surface area contributed by atoms with Crippen LogP contribution in [0.2, 0.25) is 0 Å². The fourth-order valence-corrected chi connectivity index (χ4v) is 4.16. The third-order valence-corrected chi connectivity index (χ3v) is 5.61. The molecule has 31 heavy (non-hydrogen) atoms. The van der Waals surface area contributed by atoms with E-state index in [0.717, 1.165) is 16.9 Å². The van der Waals surface area contributed by atoms with Crippen molar-refractivity contribution >= 4 is 17.3 Å². The lowest BCUT2D eigenvalue weighted by Crippen LogP contribution is -2.43. The highest BCUT2D eigenvalue weighted by atomic mass is 16.6. The second-order valence-electron chi connectivity index (χ2n) is 7.50. The van der Waals surface area contributed by atoms with Gasteiger partial charge in [-0.25, -0.2) is 0 Å². The molecule has 3 aliphatic rings. The highest BCUT2D eigenvalue weighted by Crippen LogP contribution is 2.42. The Morgan fingerprint density at radius 1 is 0.742 bits per heavy atom. The molecule has 7 heteroatoms. The van der Waals surface area contributed by atoms with Gasteiger partial charge in [-0.05, 0) is 42.0 Å². The highest BCUT2D eigenvalue weighted by Gasteiger charge is 2.35. The van der Waals surface area contributed by atoms with Crippen LogP contribution in [0.1, 0.15) is 22.1 Å². The van der Waals surface area contributed by atoms with E-state index in [9.17, 15) is 4.79 Å². The first kappa shape index (κ1) is 17.9. The van der Waals surface area contributed by atoms with Crippen LogP contribution in [-0.4, -0.2) is 32.3 Å². The maximum atomic E-state index is 13.6. The molecule has 3 aliphatic heterocycles. The number of amides is 1. The van der Waals surface area contributed by atoms with Crippen molar-refractivity contribution in [2.75, 3.05) is 36.6 Å². The van der Waals surface area contributed by atoms with Crippen molar-refractivity contribution in [2.24, 2.45) is 0 Å². The summed E-state index contributed by atoms with van der Waals surface area (Å²) in [5.74, 6) is 2.62. The Bertz CT molecular complexity index is 1180. The van der Waals surface area contributed by atoms with Crippen molar-refractivity contribution in [3.05, 3.63) is 71.8 Å². The van der Waals surface area contributed by atoms with Crippen molar-refractivity contribution in [3.63, 3.8) is 0 Å². The molecular weight excluding hydrogens is 396 g/mol. The smallest absolute Gasteiger partial charge is 0.262 e. The molecule has 1 atom stereocenters. The Balaban J connectivity index is 1.47. The number of hydrogen-bond acceptors (Lipinski definition) is 6. The van der Waals surface area contributed by atoms with Gasteiger partial charge in [-0.15, -0.1) is 0 Å².